The fourth-order valence-corrected chi connectivity index (χ4v) is 6.49. The van der Waals surface area contributed by atoms with Crippen LogP contribution in [0.15, 0.2) is 84.9 Å². The van der Waals surface area contributed by atoms with Gasteiger partial charge in [-0.05, 0) is 48.9 Å². The number of carbonyl (C=O) groups is 1. The maximum atomic E-state index is 13.0. The Hall–Kier alpha value is -3.24. The molecule has 1 saturated carbocycles. The summed E-state index contributed by atoms with van der Waals surface area (Å²) >= 11 is 0. The van der Waals surface area contributed by atoms with Crippen molar-refractivity contribution in [3.05, 3.63) is 102 Å². The molecule has 0 aromatic heterocycles. The fraction of sp³-hybridized carbons (Fsp3) is 0.345. The van der Waals surface area contributed by atoms with E-state index < -0.39 is 16.3 Å². The molecule has 3 aromatic rings. The fourth-order valence-electron chi connectivity index (χ4n) is 5.16. The van der Waals surface area contributed by atoms with Crippen LogP contribution >= 0.6 is 0 Å². The lowest BCUT2D eigenvalue weighted by molar-refractivity contribution is 0.0932. The van der Waals surface area contributed by atoms with Crippen molar-refractivity contribution >= 4 is 16.1 Å². The van der Waals surface area contributed by atoms with Gasteiger partial charge in [0, 0.05) is 18.0 Å². The molecule has 0 aliphatic heterocycles. The van der Waals surface area contributed by atoms with Crippen LogP contribution in [0.1, 0.15) is 53.2 Å². The van der Waals surface area contributed by atoms with Crippen LogP contribution in [0.2, 0.25) is 0 Å². The third kappa shape index (κ3) is 6.79. The Morgan fingerprint density at radius 1 is 0.974 bits per heavy atom. The summed E-state index contributed by atoms with van der Waals surface area (Å²) in [6.45, 7) is 0.0742. The number of carbonyl (C=O) groups excluding carboxylic acids is 1. The van der Waals surface area contributed by atoms with Crippen LogP contribution in [0.5, 0.6) is 5.75 Å². The van der Waals surface area contributed by atoms with Crippen molar-refractivity contribution in [1.82, 2.24) is 14.8 Å². The Morgan fingerprint density at radius 2 is 1.58 bits per heavy atom. The van der Waals surface area contributed by atoms with Gasteiger partial charge >= 0.3 is 0 Å². The van der Waals surface area contributed by atoms with Crippen molar-refractivity contribution in [2.45, 2.75) is 43.2 Å². The molecule has 0 radical (unpaired) electrons. The number of aliphatic hydroxyl groups excluding tert-OH is 1. The first-order valence-electron chi connectivity index (χ1n) is 12.8. The third-order valence-electron chi connectivity index (χ3n) is 7.27. The summed E-state index contributed by atoms with van der Waals surface area (Å²) in [5.74, 6) is 0.307. The topological polar surface area (TPSA) is 117 Å². The van der Waals surface area contributed by atoms with Gasteiger partial charge in [-0.25, -0.2) is 0 Å². The van der Waals surface area contributed by atoms with Crippen LogP contribution in [-0.2, 0) is 15.6 Å². The van der Waals surface area contributed by atoms with Crippen LogP contribution in [0.25, 0.3) is 0 Å². The second-order valence-corrected chi connectivity index (χ2v) is 11.2. The molecular formula is C29H35N3O5S. The predicted octanol–water partition coefficient (Wildman–Crippen LogP) is 3.46. The molecule has 0 saturated heterocycles. The van der Waals surface area contributed by atoms with Crippen molar-refractivity contribution in [3.63, 3.8) is 0 Å². The molecule has 0 spiro atoms. The lowest BCUT2D eigenvalue weighted by Crippen LogP contribution is -2.50. The minimum Gasteiger partial charge on any atom is -0.496 e. The molecule has 1 aliphatic carbocycles. The van der Waals surface area contributed by atoms with Crippen molar-refractivity contribution in [2.24, 2.45) is 0 Å². The molecule has 0 unspecified atom stereocenters. The van der Waals surface area contributed by atoms with Crippen LogP contribution in [0.3, 0.4) is 0 Å². The first-order valence-corrected chi connectivity index (χ1v) is 14.3. The monoisotopic (exact) mass is 537 g/mol. The quantitative estimate of drug-likeness (QED) is 0.299. The molecular weight excluding hydrogens is 502 g/mol. The lowest BCUT2D eigenvalue weighted by atomic mass is 9.68. The van der Waals surface area contributed by atoms with Gasteiger partial charge in [-0.2, -0.15) is 17.9 Å². The lowest BCUT2D eigenvalue weighted by Gasteiger charge is -2.41. The van der Waals surface area contributed by atoms with Crippen molar-refractivity contribution in [2.75, 3.05) is 20.3 Å². The van der Waals surface area contributed by atoms with Gasteiger partial charge in [0.25, 0.3) is 16.1 Å². The standard InChI is InChI=1S/C29H35N3O5S/c1-37-27-15-9-8-14-25(27)28(34)30-21-29(23-12-6-3-7-13-23)18-16-24(17-19-29)31-38(35,36)32-26(20-33)22-10-4-2-5-11-22/h2-15,24,26,31-33H,16-21H2,1H3,(H,30,34)/t24-,26-,29-/m0/s1. The molecule has 4 rings (SSSR count). The maximum Gasteiger partial charge on any atom is 0.277 e. The maximum absolute atomic E-state index is 13.0. The first-order chi connectivity index (χ1) is 18.4. The summed E-state index contributed by atoms with van der Waals surface area (Å²) in [5, 5.41) is 12.9. The second-order valence-electron chi connectivity index (χ2n) is 9.69. The zero-order valence-electron chi connectivity index (χ0n) is 21.5. The minimum absolute atomic E-state index is 0.208. The highest BCUT2D eigenvalue weighted by Gasteiger charge is 2.38. The average Bonchev–Trinajstić information content (AvgIpc) is 2.96. The summed E-state index contributed by atoms with van der Waals surface area (Å²) < 4.78 is 36.5. The van der Waals surface area contributed by atoms with Gasteiger partial charge in [0.1, 0.15) is 5.75 Å². The van der Waals surface area contributed by atoms with E-state index >= 15 is 0 Å². The van der Waals surface area contributed by atoms with Crippen LogP contribution < -0.4 is 19.5 Å². The van der Waals surface area contributed by atoms with Crippen LogP contribution in [-0.4, -0.2) is 45.7 Å². The molecule has 0 bridgehead atoms. The molecule has 1 fully saturated rings. The smallest absolute Gasteiger partial charge is 0.277 e. The number of ether oxygens (including phenoxy) is 1. The Morgan fingerprint density at radius 3 is 2.21 bits per heavy atom. The highest BCUT2D eigenvalue weighted by Crippen LogP contribution is 2.39. The third-order valence-corrected chi connectivity index (χ3v) is 8.51. The number of hydrogen-bond acceptors (Lipinski definition) is 5. The number of amides is 1. The normalized spacial score (nSPS) is 20.4. The highest BCUT2D eigenvalue weighted by molar-refractivity contribution is 7.87. The number of aliphatic hydroxyl groups is 1. The summed E-state index contributed by atoms with van der Waals surface area (Å²) in [7, 11) is -2.32. The van der Waals surface area contributed by atoms with Crippen LogP contribution in [0, 0.1) is 0 Å². The van der Waals surface area contributed by atoms with Gasteiger partial charge in [0.15, 0.2) is 0 Å². The second kappa shape index (κ2) is 12.5. The Bertz CT molecular complexity index is 1290. The summed E-state index contributed by atoms with van der Waals surface area (Å²) in [5.41, 5.74) is 1.95. The van der Waals surface area contributed by atoms with Gasteiger partial charge in [-0.15, -0.1) is 0 Å². The Labute approximate surface area is 224 Å². The van der Waals surface area contributed by atoms with E-state index in [9.17, 15) is 18.3 Å². The zero-order chi connectivity index (χ0) is 27.0. The van der Waals surface area contributed by atoms with E-state index in [4.69, 9.17) is 4.74 Å². The average molecular weight is 538 g/mol. The molecule has 1 aliphatic rings. The number of rotatable bonds is 11. The van der Waals surface area contributed by atoms with E-state index in [1.807, 2.05) is 30.3 Å². The molecule has 202 valence electrons. The number of para-hydroxylation sites is 1. The van der Waals surface area contributed by atoms with E-state index in [1.165, 1.54) is 7.11 Å². The number of methoxy groups -OCH3 is 1. The Balaban J connectivity index is 1.43. The van der Waals surface area contributed by atoms with E-state index in [0.717, 1.165) is 5.56 Å². The molecule has 38 heavy (non-hydrogen) atoms. The molecule has 3 aromatic carbocycles. The molecule has 4 N–H and O–H groups in total. The molecule has 0 heterocycles. The minimum atomic E-state index is -3.86. The van der Waals surface area contributed by atoms with E-state index in [-0.39, 0.29) is 24.0 Å². The predicted molar refractivity (Wildman–Crippen MR) is 147 cm³/mol. The highest BCUT2D eigenvalue weighted by atomic mass is 32.2. The zero-order valence-corrected chi connectivity index (χ0v) is 22.3. The number of benzene rings is 3. The van der Waals surface area contributed by atoms with Crippen molar-refractivity contribution in [1.29, 1.82) is 0 Å². The van der Waals surface area contributed by atoms with E-state index in [0.29, 0.717) is 49.1 Å². The number of nitrogens with one attached hydrogen (secondary N) is 3. The Kier molecular flexibility index (Phi) is 9.17. The van der Waals surface area contributed by atoms with E-state index in [1.54, 1.807) is 42.5 Å². The molecule has 9 heteroatoms. The van der Waals surface area contributed by atoms with Gasteiger partial charge in [-0.1, -0.05) is 72.8 Å². The summed E-state index contributed by atoms with van der Waals surface area (Å²) in [6.07, 6.45) is 2.60. The van der Waals surface area contributed by atoms with Gasteiger partial charge in [-0.3, -0.25) is 4.79 Å². The molecule has 1 atom stereocenters. The first kappa shape index (κ1) is 27.8. The number of hydrogen-bond donors (Lipinski definition) is 4. The SMILES string of the molecule is COc1ccccc1C(=O)NC[C@]1(c2ccccc2)CC[C@H](NS(=O)(=O)N[C@@H](CO)c2ccccc2)CC1. The summed E-state index contributed by atoms with van der Waals surface area (Å²) in [6, 6.07) is 25.2. The summed E-state index contributed by atoms with van der Waals surface area (Å²) in [4.78, 5) is 13.0. The van der Waals surface area contributed by atoms with Gasteiger partial charge in [0.05, 0.1) is 25.3 Å². The molecule has 8 nitrogen and oxygen atoms in total. The van der Waals surface area contributed by atoms with Crippen molar-refractivity contribution < 1.29 is 23.1 Å². The largest absolute Gasteiger partial charge is 0.496 e. The van der Waals surface area contributed by atoms with Gasteiger partial charge < -0.3 is 15.2 Å². The van der Waals surface area contributed by atoms with Gasteiger partial charge in [0.2, 0.25) is 0 Å². The van der Waals surface area contributed by atoms with Crippen molar-refractivity contribution in [3.8, 4) is 5.75 Å². The van der Waals surface area contributed by atoms with Crippen LogP contribution in [0.4, 0.5) is 0 Å². The van der Waals surface area contributed by atoms with E-state index in [2.05, 4.69) is 26.9 Å². The molecule has 1 amide bonds.